The number of nitrogens with zero attached hydrogens (tertiary/aromatic N) is 2. The molecule has 0 aliphatic carbocycles. The van der Waals surface area contributed by atoms with E-state index in [0.29, 0.717) is 34.1 Å². The van der Waals surface area contributed by atoms with Gasteiger partial charge < -0.3 is 10.2 Å². The SMILES string of the molecule is CC[C@@H](C)NC(=O)[C@H](CC)N(Cc1c(Cl)cccc1Cl)C(=O)CN(c1cc(C)cc(C)c1)S(=O)(=O)c1ccccc1. The molecule has 220 valence electrons. The number of carbonyl (C=O) groups is 2. The van der Waals surface area contributed by atoms with Gasteiger partial charge in [0, 0.05) is 28.2 Å². The zero-order valence-corrected chi connectivity index (χ0v) is 26.4. The number of benzene rings is 3. The Kier molecular flexibility index (Phi) is 11.2. The van der Waals surface area contributed by atoms with Gasteiger partial charge in [0.25, 0.3) is 10.0 Å². The zero-order chi connectivity index (χ0) is 30.3. The molecule has 2 amide bonds. The summed E-state index contributed by atoms with van der Waals surface area (Å²) in [5.74, 6) is -0.895. The standard InChI is InChI=1S/C31H37Cl2N3O4S/c1-6-23(5)34-31(38)29(7-2)35(19-26-27(32)14-11-15-28(26)33)30(37)20-36(24-17-21(3)16-22(4)18-24)41(39,40)25-12-9-8-10-13-25/h8-18,23,29H,6-7,19-20H2,1-5H3,(H,34,38)/t23-,29+/m1/s1. The lowest BCUT2D eigenvalue weighted by molar-refractivity contribution is -0.140. The molecule has 0 aromatic heterocycles. The Morgan fingerprint density at radius 3 is 2.00 bits per heavy atom. The highest BCUT2D eigenvalue weighted by molar-refractivity contribution is 7.92. The van der Waals surface area contributed by atoms with Crippen molar-refractivity contribution in [3.63, 3.8) is 0 Å². The largest absolute Gasteiger partial charge is 0.352 e. The second kappa shape index (κ2) is 14.2. The Bertz CT molecular complexity index is 1440. The van der Waals surface area contributed by atoms with E-state index in [1.807, 2.05) is 33.8 Å². The molecule has 0 saturated carbocycles. The zero-order valence-electron chi connectivity index (χ0n) is 24.0. The first-order valence-electron chi connectivity index (χ1n) is 13.6. The van der Waals surface area contributed by atoms with E-state index in [2.05, 4.69) is 5.32 Å². The molecule has 0 aliphatic heterocycles. The average Bonchev–Trinajstić information content (AvgIpc) is 2.92. The molecule has 0 unspecified atom stereocenters. The predicted octanol–water partition coefficient (Wildman–Crippen LogP) is 6.53. The van der Waals surface area contributed by atoms with Gasteiger partial charge in [0.1, 0.15) is 12.6 Å². The van der Waals surface area contributed by atoms with Crippen molar-refractivity contribution in [3.05, 3.63) is 93.5 Å². The lowest BCUT2D eigenvalue weighted by Gasteiger charge is -2.34. The topological polar surface area (TPSA) is 86.8 Å². The Morgan fingerprint density at radius 1 is 0.878 bits per heavy atom. The number of anilines is 1. The molecular weight excluding hydrogens is 581 g/mol. The predicted molar refractivity (Wildman–Crippen MR) is 166 cm³/mol. The maximum Gasteiger partial charge on any atom is 0.264 e. The Labute approximate surface area is 253 Å². The summed E-state index contributed by atoms with van der Waals surface area (Å²) in [5, 5.41) is 3.64. The number of rotatable bonds is 12. The van der Waals surface area contributed by atoms with Crippen LogP contribution >= 0.6 is 23.2 Å². The molecule has 0 bridgehead atoms. The first-order chi connectivity index (χ1) is 19.4. The summed E-state index contributed by atoms with van der Waals surface area (Å²) in [4.78, 5) is 29.1. The van der Waals surface area contributed by atoms with Crippen molar-refractivity contribution in [1.82, 2.24) is 10.2 Å². The van der Waals surface area contributed by atoms with E-state index in [-0.39, 0.29) is 23.4 Å². The van der Waals surface area contributed by atoms with Crippen molar-refractivity contribution < 1.29 is 18.0 Å². The van der Waals surface area contributed by atoms with E-state index in [4.69, 9.17) is 23.2 Å². The first kappa shape index (κ1) is 32.4. The van der Waals surface area contributed by atoms with Crippen LogP contribution in [-0.4, -0.2) is 43.8 Å². The molecule has 0 aliphatic rings. The van der Waals surface area contributed by atoms with Crippen molar-refractivity contribution in [2.24, 2.45) is 0 Å². The van der Waals surface area contributed by atoms with Gasteiger partial charge in [-0.25, -0.2) is 8.42 Å². The fourth-order valence-electron chi connectivity index (χ4n) is 4.56. The minimum Gasteiger partial charge on any atom is -0.352 e. The smallest absolute Gasteiger partial charge is 0.264 e. The van der Waals surface area contributed by atoms with Crippen LogP contribution in [0.3, 0.4) is 0 Å². The van der Waals surface area contributed by atoms with Crippen LogP contribution < -0.4 is 9.62 Å². The van der Waals surface area contributed by atoms with E-state index in [1.54, 1.807) is 55.5 Å². The Balaban J connectivity index is 2.12. The van der Waals surface area contributed by atoms with Gasteiger partial charge in [-0.05, 0) is 81.1 Å². The summed E-state index contributed by atoms with van der Waals surface area (Å²) in [6.45, 7) is 8.76. The van der Waals surface area contributed by atoms with Gasteiger partial charge in [-0.2, -0.15) is 0 Å². The number of carbonyl (C=O) groups excluding carboxylic acids is 2. The fourth-order valence-corrected chi connectivity index (χ4v) is 6.49. The van der Waals surface area contributed by atoms with Gasteiger partial charge in [-0.1, -0.05) is 67.4 Å². The van der Waals surface area contributed by atoms with Crippen LogP contribution in [0, 0.1) is 13.8 Å². The number of halogens is 2. The third kappa shape index (κ3) is 8.03. The summed E-state index contributed by atoms with van der Waals surface area (Å²) in [6.07, 6.45) is 1.01. The normalized spacial score (nSPS) is 12.9. The van der Waals surface area contributed by atoms with Gasteiger partial charge in [0.15, 0.2) is 0 Å². The monoisotopic (exact) mass is 617 g/mol. The van der Waals surface area contributed by atoms with E-state index in [9.17, 15) is 18.0 Å². The second-order valence-electron chi connectivity index (χ2n) is 10.1. The number of amides is 2. The maximum atomic E-state index is 14.2. The molecule has 0 spiro atoms. The molecule has 10 heteroatoms. The van der Waals surface area contributed by atoms with Crippen LogP contribution in [0.2, 0.25) is 10.0 Å². The van der Waals surface area contributed by atoms with Gasteiger partial charge in [0.05, 0.1) is 10.6 Å². The minimum absolute atomic E-state index is 0.0502. The highest BCUT2D eigenvalue weighted by Crippen LogP contribution is 2.29. The average molecular weight is 619 g/mol. The van der Waals surface area contributed by atoms with Gasteiger partial charge in [0.2, 0.25) is 11.8 Å². The molecule has 2 atom stereocenters. The van der Waals surface area contributed by atoms with E-state index in [1.165, 1.54) is 17.0 Å². The van der Waals surface area contributed by atoms with Crippen molar-refractivity contribution >= 4 is 50.7 Å². The first-order valence-corrected chi connectivity index (χ1v) is 15.8. The van der Waals surface area contributed by atoms with Crippen LogP contribution in [0.15, 0.2) is 71.6 Å². The third-order valence-corrected chi connectivity index (χ3v) is 9.38. The van der Waals surface area contributed by atoms with Crippen molar-refractivity contribution in [2.45, 2.75) is 71.0 Å². The highest BCUT2D eigenvalue weighted by Gasteiger charge is 2.34. The summed E-state index contributed by atoms with van der Waals surface area (Å²) < 4.78 is 29.0. The van der Waals surface area contributed by atoms with Crippen LogP contribution in [-0.2, 0) is 26.2 Å². The van der Waals surface area contributed by atoms with E-state index < -0.39 is 28.5 Å². The number of hydrogen-bond acceptors (Lipinski definition) is 4. The molecule has 0 saturated heterocycles. The third-order valence-electron chi connectivity index (χ3n) is 6.88. The highest BCUT2D eigenvalue weighted by atomic mass is 35.5. The quantitative estimate of drug-likeness (QED) is 0.250. The number of sulfonamides is 1. The van der Waals surface area contributed by atoms with Crippen LogP contribution in [0.1, 0.15) is 50.3 Å². The molecule has 0 fully saturated rings. The van der Waals surface area contributed by atoms with Crippen molar-refractivity contribution in [1.29, 1.82) is 0 Å². The molecule has 3 rings (SSSR count). The van der Waals surface area contributed by atoms with Gasteiger partial charge in [-0.15, -0.1) is 0 Å². The van der Waals surface area contributed by atoms with Crippen molar-refractivity contribution in [3.8, 4) is 0 Å². The van der Waals surface area contributed by atoms with Gasteiger partial charge in [-0.3, -0.25) is 13.9 Å². The maximum absolute atomic E-state index is 14.2. The summed E-state index contributed by atoms with van der Waals surface area (Å²) in [5.41, 5.74) is 2.52. The molecule has 0 heterocycles. The number of aryl methyl sites for hydroxylation is 2. The molecule has 7 nitrogen and oxygen atoms in total. The minimum atomic E-state index is -4.15. The molecule has 0 radical (unpaired) electrons. The van der Waals surface area contributed by atoms with Gasteiger partial charge >= 0.3 is 0 Å². The van der Waals surface area contributed by atoms with Crippen LogP contribution in [0.5, 0.6) is 0 Å². The number of nitrogens with one attached hydrogen (secondary N) is 1. The van der Waals surface area contributed by atoms with E-state index in [0.717, 1.165) is 15.4 Å². The lowest BCUT2D eigenvalue weighted by atomic mass is 10.1. The molecular formula is C31H37Cl2N3O4S. The van der Waals surface area contributed by atoms with Crippen molar-refractivity contribution in [2.75, 3.05) is 10.8 Å². The molecule has 41 heavy (non-hydrogen) atoms. The number of hydrogen-bond donors (Lipinski definition) is 1. The second-order valence-corrected chi connectivity index (χ2v) is 12.8. The molecule has 3 aromatic rings. The lowest BCUT2D eigenvalue weighted by Crippen LogP contribution is -2.53. The molecule has 1 N–H and O–H groups in total. The summed E-state index contributed by atoms with van der Waals surface area (Å²) in [6, 6.07) is 17.4. The van der Waals surface area contributed by atoms with Crippen LogP contribution in [0.25, 0.3) is 0 Å². The van der Waals surface area contributed by atoms with E-state index >= 15 is 0 Å². The Morgan fingerprint density at radius 2 is 1.46 bits per heavy atom. The Hall–Kier alpha value is -3.07. The van der Waals surface area contributed by atoms with Crippen LogP contribution in [0.4, 0.5) is 5.69 Å². The molecule has 3 aromatic carbocycles. The fraction of sp³-hybridized carbons (Fsp3) is 0.355. The summed E-state index contributed by atoms with van der Waals surface area (Å²) in [7, 11) is -4.15. The summed E-state index contributed by atoms with van der Waals surface area (Å²) >= 11 is 12.9.